The Morgan fingerprint density at radius 3 is 2.84 bits per heavy atom. The summed E-state index contributed by atoms with van der Waals surface area (Å²) in [4.78, 5) is 9.88. The zero-order valence-corrected chi connectivity index (χ0v) is 10.3. The molecule has 0 saturated heterocycles. The summed E-state index contributed by atoms with van der Waals surface area (Å²) in [5, 5.41) is 13.6. The van der Waals surface area contributed by atoms with Crippen molar-refractivity contribution in [2.45, 2.75) is 19.5 Å². The van der Waals surface area contributed by atoms with Gasteiger partial charge in [-0.1, -0.05) is 12.1 Å². The molecule has 0 saturated carbocycles. The average molecular weight is 264 g/mol. The summed E-state index contributed by atoms with van der Waals surface area (Å²) in [5.41, 5.74) is 0.807. The second kappa shape index (κ2) is 5.62. The Balaban J connectivity index is 1.96. The molecule has 0 aliphatic heterocycles. The van der Waals surface area contributed by atoms with Crippen LogP contribution < -0.4 is 5.32 Å². The van der Waals surface area contributed by atoms with Crippen LogP contribution in [0.15, 0.2) is 40.8 Å². The van der Waals surface area contributed by atoms with Crippen LogP contribution in [0, 0.1) is 15.9 Å². The minimum atomic E-state index is -0.584. The first-order valence-corrected chi connectivity index (χ1v) is 5.78. The van der Waals surface area contributed by atoms with E-state index in [2.05, 4.69) is 5.32 Å². The van der Waals surface area contributed by atoms with Crippen LogP contribution in [0.25, 0.3) is 0 Å². The molecule has 1 heterocycles. The highest BCUT2D eigenvalue weighted by Crippen LogP contribution is 2.18. The van der Waals surface area contributed by atoms with Crippen LogP contribution in [0.2, 0.25) is 0 Å². The number of halogens is 1. The lowest BCUT2D eigenvalue weighted by atomic mass is 10.1. The molecule has 6 heteroatoms. The van der Waals surface area contributed by atoms with Crippen LogP contribution in [0.4, 0.5) is 10.3 Å². The molecule has 1 atom stereocenters. The fraction of sp³-hybridized carbons (Fsp3) is 0.231. The molecule has 0 aliphatic rings. The summed E-state index contributed by atoms with van der Waals surface area (Å²) < 4.78 is 18.1. The molecular formula is C13H13FN2O3. The Labute approximate surface area is 109 Å². The van der Waals surface area contributed by atoms with Crippen molar-refractivity contribution in [2.75, 3.05) is 0 Å². The van der Waals surface area contributed by atoms with Crippen LogP contribution in [0.1, 0.15) is 24.3 Å². The second-order valence-electron chi connectivity index (χ2n) is 4.15. The fourth-order valence-corrected chi connectivity index (χ4v) is 1.71. The van der Waals surface area contributed by atoms with E-state index in [1.807, 2.05) is 13.0 Å². The van der Waals surface area contributed by atoms with E-state index < -0.39 is 4.92 Å². The Morgan fingerprint density at radius 1 is 1.42 bits per heavy atom. The minimum absolute atomic E-state index is 0.0835. The molecule has 5 nitrogen and oxygen atoms in total. The quantitative estimate of drug-likeness (QED) is 0.665. The molecule has 2 rings (SSSR count). The average Bonchev–Trinajstić information content (AvgIpc) is 2.85. The molecule has 100 valence electrons. The van der Waals surface area contributed by atoms with Gasteiger partial charge in [0.2, 0.25) is 0 Å². The molecule has 0 aliphatic carbocycles. The Hall–Kier alpha value is -2.21. The maximum Gasteiger partial charge on any atom is 0.433 e. The van der Waals surface area contributed by atoms with E-state index in [4.69, 9.17) is 4.42 Å². The predicted molar refractivity (Wildman–Crippen MR) is 67.0 cm³/mol. The Bertz CT molecular complexity index is 583. The number of hydrogen-bond acceptors (Lipinski definition) is 4. The van der Waals surface area contributed by atoms with Gasteiger partial charge in [0.05, 0.1) is 12.6 Å². The van der Waals surface area contributed by atoms with E-state index in [0.717, 1.165) is 5.56 Å². The van der Waals surface area contributed by atoms with Gasteiger partial charge in [-0.2, -0.15) is 0 Å². The highest BCUT2D eigenvalue weighted by Gasteiger charge is 2.12. The summed E-state index contributed by atoms with van der Waals surface area (Å²) >= 11 is 0. The second-order valence-corrected chi connectivity index (χ2v) is 4.15. The van der Waals surface area contributed by atoms with Crippen molar-refractivity contribution >= 4 is 5.88 Å². The highest BCUT2D eigenvalue weighted by molar-refractivity contribution is 5.20. The third-order valence-corrected chi connectivity index (χ3v) is 2.76. The van der Waals surface area contributed by atoms with E-state index in [0.29, 0.717) is 12.3 Å². The first-order chi connectivity index (χ1) is 9.06. The van der Waals surface area contributed by atoms with Crippen molar-refractivity contribution < 1.29 is 13.7 Å². The number of rotatable bonds is 5. The SMILES string of the molecule is C[C@H](NCc1ccc([N+](=O)[O-])o1)c1cccc(F)c1. The monoisotopic (exact) mass is 264 g/mol. The van der Waals surface area contributed by atoms with Crippen LogP contribution in [-0.4, -0.2) is 4.92 Å². The van der Waals surface area contributed by atoms with Crippen molar-refractivity contribution in [3.63, 3.8) is 0 Å². The minimum Gasteiger partial charge on any atom is -0.404 e. The summed E-state index contributed by atoms with van der Waals surface area (Å²) in [5.74, 6) is -0.107. The lowest BCUT2D eigenvalue weighted by Crippen LogP contribution is -2.17. The van der Waals surface area contributed by atoms with E-state index >= 15 is 0 Å². The molecule has 0 amide bonds. The molecule has 19 heavy (non-hydrogen) atoms. The molecule has 1 aromatic heterocycles. The smallest absolute Gasteiger partial charge is 0.404 e. The molecular weight excluding hydrogens is 251 g/mol. The van der Waals surface area contributed by atoms with Gasteiger partial charge in [-0.3, -0.25) is 10.1 Å². The first kappa shape index (κ1) is 13.2. The van der Waals surface area contributed by atoms with Crippen LogP contribution >= 0.6 is 0 Å². The third-order valence-electron chi connectivity index (χ3n) is 2.76. The van der Waals surface area contributed by atoms with E-state index in [1.54, 1.807) is 12.1 Å². The van der Waals surface area contributed by atoms with Crippen molar-refractivity contribution in [1.82, 2.24) is 5.32 Å². The number of furan rings is 1. The van der Waals surface area contributed by atoms with Gasteiger partial charge in [0, 0.05) is 6.04 Å². The lowest BCUT2D eigenvalue weighted by Gasteiger charge is -2.13. The van der Waals surface area contributed by atoms with Gasteiger partial charge in [0.1, 0.15) is 16.5 Å². The van der Waals surface area contributed by atoms with Crippen LogP contribution in [0.5, 0.6) is 0 Å². The van der Waals surface area contributed by atoms with Gasteiger partial charge in [0.25, 0.3) is 0 Å². The largest absolute Gasteiger partial charge is 0.433 e. The first-order valence-electron chi connectivity index (χ1n) is 5.78. The standard InChI is InChI=1S/C13H13FN2O3/c1-9(10-3-2-4-11(14)7-10)15-8-12-5-6-13(19-12)16(17)18/h2-7,9,15H,8H2,1H3/t9-/m0/s1. The normalized spacial score (nSPS) is 12.3. The van der Waals surface area contributed by atoms with Crippen molar-refractivity contribution in [3.8, 4) is 0 Å². The molecule has 0 radical (unpaired) electrons. The zero-order chi connectivity index (χ0) is 13.8. The molecule has 1 N–H and O–H groups in total. The fourth-order valence-electron chi connectivity index (χ4n) is 1.71. The van der Waals surface area contributed by atoms with Crippen molar-refractivity contribution in [3.05, 3.63) is 63.7 Å². The highest BCUT2D eigenvalue weighted by atomic mass is 19.1. The van der Waals surface area contributed by atoms with Crippen molar-refractivity contribution in [2.24, 2.45) is 0 Å². The van der Waals surface area contributed by atoms with Gasteiger partial charge in [-0.05, 0) is 30.7 Å². The summed E-state index contributed by atoms with van der Waals surface area (Å²) in [7, 11) is 0. The van der Waals surface area contributed by atoms with Crippen LogP contribution in [-0.2, 0) is 6.54 Å². The molecule has 0 bridgehead atoms. The molecule has 0 fully saturated rings. The number of nitro groups is 1. The number of benzene rings is 1. The number of nitrogens with one attached hydrogen (secondary N) is 1. The zero-order valence-electron chi connectivity index (χ0n) is 10.3. The van der Waals surface area contributed by atoms with E-state index in [-0.39, 0.29) is 17.7 Å². The Morgan fingerprint density at radius 2 is 2.21 bits per heavy atom. The van der Waals surface area contributed by atoms with Gasteiger partial charge < -0.3 is 9.73 Å². The summed E-state index contributed by atoms with van der Waals surface area (Å²) in [6, 6.07) is 9.05. The van der Waals surface area contributed by atoms with Gasteiger partial charge >= 0.3 is 5.88 Å². The van der Waals surface area contributed by atoms with E-state index in [9.17, 15) is 14.5 Å². The maximum atomic E-state index is 13.1. The molecule has 0 unspecified atom stereocenters. The number of nitrogens with zero attached hydrogens (tertiary/aromatic N) is 1. The summed E-state index contributed by atoms with van der Waals surface area (Å²) in [6.07, 6.45) is 0. The molecule has 2 aromatic rings. The van der Waals surface area contributed by atoms with Gasteiger partial charge in [-0.25, -0.2) is 4.39 Å². The third kappa shape index (κ3) is 3.38. The topological polar surface area (TPSA) is 68.3 Å². The van der Waals surface area contributed by atoms with E-state index in [1.165, 1.54) is 18.2 Å². The molecule has 0 spiro atoms. The summed E-state index contributed by atoms with van der Waals surface area (Å²) in [6.45, 7) is 2.22. The van der Waals surface area contributed by atoms with Crippen LogP contribution in [0.3, 0.4) is 0 Å². The lowest BCUT2D eigenvalue weighted by molar-refractivity contribution is -0.402. The predicted octanol–water partition coefficient (Wildman–Crippen LogP) is 3.18. The van der Waals surface area contributed by atoms with Crippen molar-refractivity contribution in [1.29, 1.82) is 0 Å². The Kier molecular flexibility index (Phi) is 3.91. The van der Waals surface area contributed by atoms with Gasteiger partial charge in [-0.15, -0.1) is 0 Å². The maximum absolute atomic E-state index is 13.1. The van der Waals surface area contributed by atoms with Gasteiger partial charge in [0.15, 0.2) is 0 Å². The number of hydrogen-bond donors (Lipinski definition) is 1. The molecule has 1 aromatic carbocycles.